The van der Waals surface area contributed by atoms with Gasteiger partial charge in [0.05, 0.1) is 17.6 Å². The smallest absolute Gasteiger partial charge is 0.240 e. The Morgan fingerprint density at radius 2 is 2.00 bits per heavy atom. The third kappa shape index (κ3) is 3.95. The number of hydrogen-bond donors (Lipinski definition) is 1. The summed E-state index contributed by atoms with van der Waals surface area (Å²) in [7, 11) is 0. The number of nitrogens with zero attached hydrogens (tertiary/aromatic N) is 2. The molecule has 1 unspecified atom stereocenters. The van der Waals surface area contributed by atoms with Gasteiger partial charge >= 0.3 is 0 Å². The van der Waals surface area contributed by atoms with E-state index in [4.69, 9.17) is 4.74 Å². The Morgan fingerprint density at radius 3 is 2.74 bits per heavy atom. The Labute approximate surface area is 163 Å². The maximum atomic E-state index is 13.1. The molecule has 2 heterocycles. The van der Waals surface area contributed by atoms with Crippen molar-refractivity contribution in [3.63, 3.8) is 0 Å². The highest BCUT2D eigenvalue weighted by atomic mass is 32.2. The largest absolute Gasteiger partial charge is 0.494 e. The fourth-order valence-corrected chi connectivity index (χ4v) is 4.47. The molecule has 0 saturated carbocycles. The van der Waals surface area contributed by atoms with Gasteiger partial charge in [-0.2, -0.15) is 0 Å². The number of imidazole rings is 1. The van der Waals surface area contributed by atoms with Crippen LogP contribution in [-0.4, -0.2) is 40.5 Å². The number of ether oxygens (including phenoxy) is 1. The number of carbonyl (C=O) groups excluding carboxylic acids is 1. The van der Waals surface area contributed by atoms with E-state index in [1.807, 2.05) is 60.4 Å². The number of H-pyrrole nitrogens is 1. The monoisotopic (exact) mass is 381 g/mol. The first kappa shape index (κ1) is 17.9. The molecule has 1 N–H and O–H groups in total. The van der Waals surface area contributed by atoms with E-state index < -0.39 is 0 Å². The summed E-state index contributed by atoms with van der Waals surface area (Å²) in [6.45, 7) is 4.29. The zero-order valence-electron chi connectivity index (χ0n) is 15.4. The second kappa shape index (κ2) is 8.05. The minimum absolute atomic E-state index is 0.166. The number of aromatic amines is 1. The predicted molar refractivity (Wildman–Crippen MR) is 108 cm³/mol. The van der Waals surface area contributed by atoms with Crippen molar-refractivity contribution in [1.29, 1.82) is 0 Å². The second-order valence-electron chi connectivity index (χ2n) is 6.59. The summed E-state index contributed by atoms with van der Waals surface area (Å²) < 4.78 is 5.56. The van der Waals surface area contributed by atoms with Crippen LogP contribution in [0.15, 0.2) is 53.7 Å². The molecule has 1 aromatic heterocycles. The van der Waals surface area contributed by atoms with Crippen molar-refractivity contribution in [1.82, 2.24) is 14.9 Å². The predicted octanol–water partition coefficient (Wildman–Crippen LogP) is 4.42. The fraction of sp³-hybridized carbons (Fsp3) is 0.333. The minimum atomic E-state index is -0.295. The molecule has 1 amide bonds. The van der Waals surface area contributed by atoms with Crippen molar-refractivity contribution in [3.8, 4) is 5.75 Å². The van der Waals surface area contributed by atoms with Crippen molar-refractivity contribution in [3.05, 3.63) is 54.1 Å². The Balaban J connectivity index is 1.62. The Kier molecular flexibility index (Phi) is 5.34. The maximum Gasteiger partial charge on any atom is 0.240 e. The minimum Gasteiger partial charge on any atom is -0.494 e. The molecule has 3 aromatic rings. The molecule has 6 heteroatoms. The van der Waals surface area contributed by atoms with Gasteiger partial charge in [-0.1, -0.05) is 42.1 Å². The zero-order valence-corrected chi connectivity index (χ0v) is 16.2. The van der Waals surface area contributed by atoms with Crippen LogP contribution >= 0.6 is 11.8 Å². The molecule has 5 nitrogen and oxygen atoms in total. The number of rotatable bonds is 6. The lowest BCUT2D eigenvalue weighted by Gasteiger charge is -2.22. The quantitative estimate of drug-likeness (QED) is 0.642. The van der Waals surface area contributed by atoms with Gasteiger partial charge in [0.15, 0.2) is 5.16 Å². The number of benzene rings is 2. The summed E-state index contributed by atoms with van der Waals surface area (Å²) in [5, 5.41) is 0.455. The molecule has 0 aliphatic carbocycles. The molecule has 0 bridgehead atoms. The first-order valence-corrected chi connectivity index (χ1v) is 10.3. The highest BCUT2D eigenvalue weighted by Gasteiger charge is 2.29. The van der Waals surface area contributed by atoms with Gasteiger partial charge in [-0.15, -0.1) is 0 Å². The summed E-state index contributed by atoms with van der Waals surface area (Å²) >= 11 is 1.48. The van der Waals surface area contributed by atoms with E-state index in [1.165, 1.54) is 11.8 Å². The molecular weight excluding hydrogens is 358 g/mol. The maximum absolute atomic E-state index is 13.1. The van der Waals surface area contributed by atoms with Gasteiger partial charge in [0.25, 0.3) is 0 Å². The van der Waals surface area contributed by atoms with Crippen LogP contribution < -0.4 is 4.74 Å². The second-order valence-corrected chi connectivity index (χ2v) is 7.69. The molecule has 0 radical (unpaired) electrons. The SMILES string of the molecule is CCOc1ccc2nc(SC(C(=O)N3CCCC3)c3ccccc3)[nH]c2c1. The number of amides is 1. The molecule has 140 valence electrons. The van der Waals surface area contributed by atoms with Crippen LogP contribution in [0.2, 0.25) is 0 Å². The summed E-state index contributed by atoms with van der Waals surface area (Å²) in [5.74, 6) is 0.983. The standard InChI is InChI=1S/C21H23N3O2S/c1-2-26-16-10-11-17-18(14-16)23-21(22-17)27-19(15-8-4-3-5-9-15)20(25)24-12-6-7-13-24/h3-5,8-11,14,19H,2,6-7,12-13H2,1H3,(H,22,23). The van der Waals surface area contributed by atoms with Crippen molar-refractivity contribution in [2.24, 2.45) is 0 Å². The summed E-state index contributed by atoms with van der Waals surface area (Å²) in [4.78, 5) is 23.1. The van der Waals surface area contributed by atoms with E-state index in [2.05, 4.69) is 9.97 Å². The molecule has 1 aliphatic rings. The first-order chi connectivity index (χ1) is 13.2. The van der Waals surface area contributed by atoms with Crippen LogP contribution in [0, 0.1) is 0 Å². The number of nitrogens with one attached hydrogen (secondary N) is 1. The number of thioether (sulfide) groups is 1. The van der Waals surface area contributed by atoms with Crippen LogP contribution in [-0.2, 0) is 4.79 Å². The normalized spacial score (nSPS) is 15.2. The molecule has 1 saturated heterocycles. The van der Waals surface area contributed by atoms with Crippen LogP contribution in [0.4, 0.5) is 0 Å². The van der Waals surface area contributed by atoms with Crippen molar-refractivity contribution in [2.45, 2.75) is 30.2 Å². The number of likely N-dealkylation sites (tertiary alicyclic amines) is 1. The lowest BCUT2D eigenvalue weighted by atomic mass is 10.1. The third-order valence-electron chi connectivity index (χ3n) is 4.72. The van der Waals surface area contributed by atoms with Gasteiger partial charge in [0.2, 0.25) is 5.91 Å². The van der Waals surface area contributed by atoms with Crippen LogP contribution in [0.1, 0.15) is 30.6 Å². The Bertz CT molecular complexity index is 920. The van der Waals surface area contributed by atoms with Gasteiger partial charge in [0.1, 0.15) is 11.0 Å². The van der Waals surface area contributed by atoms with Gasteiger partial charge in [-0.25, -0.2) is 4.98 Å². The van der Waals surface area contributed by atoms with Crippen molar-refractivity contribution >= 4 is 28.7 Å². The molecule has 2 aromatic carbocycles. The third-order valence-corrected chi connectivity index (χ3v) is 5.84. The summed E-state index contributed by atoms with van der Waals surface area (Å²) in [6.07, 6.45) is 2.17. The van der Waals surface area contributed by atoms with Crippen LogP contribution in [0.5, 0.6) is 5.75 Å². The molecule has 1 atom stereocenters. The number of aromatic nitrogens is 2. The summed E-state index contributed by atoms with van der Waals surface area (Å²) in [6, 6.07) is 15.8. The number of carbonyl (C=O) groups is 1. The van der Waals surface area contributed by atoms with Gasteiger partial charge in [-0.3, -0.25) is 4.79 Å². The molecule has 1 fully saturated rings. The Hall–Kier alpha value is -2.47. The fourth-order valence-electron chi connectivity index (χ4n) is 3.38. The lowest BCUT2D eigenvalue weighted by Crippen LogP contribution is -2.31. The van der Waals surface area contributed by atoms with Gasteiger partial charge in [-0.05, 0) is 37.5 Å². The average molecular weight is 382 g/mol. The first-order valence-electron chi connectivity index (χ1n) is 9.37. The van der Waals surface area contributed by atoms with E-state index >= 15 is 0 Å². The molecule has 1 aliphatic heterocycles. The zero-order chi connectivity index (χ0) is 18.6. The molecule has 4 rings (SSSR count). The highest BCUT2D eigenvalue weighted by Crippen LogP contribution is 2.37. The molecule has 0 spiro atoms. The van der Waals surface area contributed by atoms with E-state index in [0.717, 1.165) is 53.4 Å². The average Bonchev–Trinajstić information content (AvgIpc) is 3.36. The van der Waals surface area contributed by atoms with E-state index in [0.29, 0.717) is 6.61 Å². The lowest BCUT2D eigenvalue weighted by molar-refractivity contribution is -0.129. The topological polar surface area (TPSA) is 58.2 Å². The van der Waals surface area contributed by atoms with E-state index in [9.17, 15) is 4.79 Å². The van der Waals surface area contributed by atoms with Crippen molar-refractivity contribution < 1.29 is 9.53 Å². The molecule has 27 heavy (non-hydrogen) atoms. The van der Waals surface area contributed by atoms with E-state index in [1.54, 1.807) is 0 Å². The van der Waals surface area contributed by atoms with Crippen molar-refractivity contribution in [2.75, 3.05) is 19.7 Å². The Morgan fingerprint density at radius 1 is 1.22 bits per heavy atom. The number of fused-ring (bicyclic) bond motifs is 1. The van der Waals surface area contributed by atoms with Crippen LogP contribution in [0.25, 0.3) is 11.0 Å². The number of hydrogen-bond acceptors (Lipinski definition) is 4. The van der Waals surface area contributed by atoms with Crippen LogP contribution in [0.3, 0.4) is 0 Å². The van der Waals surface area contributed by atoms with E-state index in [-0.39, 0.29) is 11.2 Å². The highest BCUT2D eigenvalue weighted by molar-refractivity contribution is 8.00. The van der Waals surface area contributed by atoms with Gasteiger partial charge < -0.3 is 14.6 Å². The summed E-state index contributed by atoms with van der Waals surface area (Å²) in [5.41, 5.74) is 2.81. The van der Waals surface area contributed by atoms with Gasteiger partial charge in [0, 0.05) is 19.2 Å². The molecular formula is C21H23N3O2S.